The average molecular weight is 430 g/mol. The minimum atomic E-state index is -0.0236. The van der Waals surface area contributed by atoms with Crippen molar-refractivity contribution in [3.63, 3.8) is 0 Å². The topological polar surface area (TPSA) is 52.3 Å². The zero-order valence-corrected chi connectivity index (χ0v) is 18.1. The van der Waals surface area contributed by atoms with Gasteiger partial charge < -0.3 is 9.15 Å². The smallest absolute Gasteiger partial charge is 0.256 e. The van der Waals surface area contributed by atoms with Crippen LogP contribution >= 0.6 is 11.8 Å². The number of aromatic nitrogens is 1. The summed E-state index contributed by atoms with van der Waals surface area (Å²) in [5.41, 5.74) is 4.52. The van der Waals surface area contributed by atoms with Crippen molar-refractivity contribution in [2.24, 2.45) is 0 Å². The molecule has 0 fully saturated rings. The molecular weight excluding hydrogens is 406 g/mol. The highest BCUT2D eigenvalue weighted by Gasteiger charge is 2.06. The fourth-order valence-electron chi connectivity index (χ4n) is 3.07. The highest BCUT2D eigenvalue weighted by molar-refractivity contribution is 7.99. The molecule has 156 valence electrons. The Bertz CT molecular complexity index is 1160. The van der Waals surface area contributed by atoms with Crippen LogP contribution in [0.1, 0.15) is 27.9 Å². The molecule has 4 nitrogen and oxygen atoms in total. The highest BCUT2D eigenvalue weighted by atomic mass is 32.2. The number of rotatable bonds is 9. The number of para-hydroxylation sites is 2. The number of hydrogen-bond acceptors (Lipinski definition) is 5. The molecule has 0 N–H and O–H groups in total. The third kappa shape index (κ3) is 5.64. The van der Waals surface area contributed by atoms with E-state index >= 15 is 0 Å². The maximum absolute atomic E-state index is 12.4. The monoisotopic (exact) mass is 429 g/mol. The molecule has 0 aliphatic rings. The van der Waals surface area contributed by atoms with E-state index in [1.165, 1.54) is 0 Å². The van der Waals surface area contributed by atoms with Crippen LogP contribution in [-0.2, 0) is 0 Å². The summed E-state index contributed by atoms with van der Waals surface area (Å²) in [5.74, 6) is 1.59. The van der Waals surface area contributed by atoms with Crippen molar-refractivity contribution in [2.75, 3.05) is 12.4 Å². The number of carbonyl (C=O) groups is 1. The molecule has 0 saturated heterocycles. The number of fused-ring (bicyclic) bond motifs is 1. The Hall–Kier alpha value is -3.31. The van der Waals surface area contributed by atoms with Gasteiger partial charge in [0.2, 0.25) is 0 Å². The van der Waals surface area contributed by atoms with Gasteiger partial charge in [-0.1, -0.05) is 54.2 Å². The van der Waals surface area contributed by atoms with Crippen LogP contribution in [0.25, 0.3) is 17.2 Å². The van der Waals surface area contributed by atoms with E-state index in [-0.39, 0.29) is 5.78 Å². The maximum atomic E-state index is 12.4. The van der Waals surface area contributed by atoms with Gasteiger partial charge >= 0.3 is 0 Å². The summed E-state index contributed by atoms with van der Waals surface area (Å²) in [4.78, 5) is 16.8. The third-order valence-corrected chi connectivity index (χ3v) is 5.71. The van der Waals surface area contributed by atoms with E-state index in [1.807, 2.05) is 73.7 Å². The van der Waals surface area contributed by atoms with Gasteiger partial charge in [0, 0.05) is 11.3 Å². The second-order valence-electron chi connectivity index (χ2n) is 7.08. The minimum absolute atomic E-state index is 0.0236. The average Bonchev–Trinajstić information content (AvgIpc) is 3.21. The number of ketones is 1. The molecule has 0 amide bonds. The van der Waals surface area contributed by atoms with Gasteiger partial charge in [-0.2, -0.15) is 0 Å². The van der Waals surface area contributed by atoms with Gasteiger partial charge in [-0.25, -0.2) is 4.98 Å². The van der Waals surface area contributed by atoms with Gasteiger partial charge in [-0.15, -0.1) is 0 Å². The van der Waals surface area contributed by atoms with Crippen molar-refractivity contribution >= 4 is 34.7 Å². The Morgan fingerprint density at radius 2 is 1.81 bits per heavy atom. The number of oxazole rings is 1. The van der Waals surface area contributed by atoms with Crippen LogP contribution in [0, 0.1) is 6.92 Å². The Labute approximate surface area is 186 Å². The first-order chi connectivity index (χ1) is 15.2. The van der Waals surface area contributed by atoms with Gasteiger partial charge in [-0.05, 0) is 66.9 Å². The second-order valence-corrected chi connectivity index (χ2v) is 8.12. The minimum Gasteiger partial charge on any atom is -0.494 e. The summed E-state index contributed by atoms with van der Waals surface area (Å²) in [6.45, 7) is 2.62. The van der Waals surface area contributed by atoms with E-state index < -0.39 is 0 Å². The number of thioether (sulfide) groups is 1. The van der Waals surface area contributed by atoms with Gasteiger partial charge in [0.15, 0.2) is 11.4 Å². The summed E-state index contributed by atoms with van der Waals surface area (Å²) >= 11 is 1.58. The first-order valence-electron chi connectivity index (χ1n) is 10.2. The molecule has 4 rings (SSSR count). The van der Waals surface area contributed by atoms with Crippen LogP contribution in [0.15, 0.2) is 88.5 Å². The third-order valence-electron chi connectivity index (χ3n) is 4.80. The maximum Gasteiger partial charge on any atom is 0.256 e. The molecule has 0 spiro atoms. The highest BCUT2D eigenvalue weighted by Crippen LogP contribution is 2.23. The van der Waals surface area contributed by atoms with E-state index in [4.69, 9.17) is 9.15 Å². The molecule has 5 heteroatoms. The fourth-order valence-corrected chi connectivity index (χ4v) is 3.82. The zero-order chi connectivity index (χ0) is 21.5. The van der Waals surface area contributed by atoms with Crippen LogP contribution < -0.4 is 4.74 Å². The lowest BCUT2D eigenvalue weighted by Gasteiger charge is -2.06. The molecule has 0 aliphatic heterocycles. The van der Waals surface area contributed by atoms with E-state index in [2.05, 4.69) is 4.98 Å². The van der Waals surface area contributed by atoms with E-state index in [0.29, 0.717) is 17.4 Å². The molecule has 0 unspecified atom stereocenters. The van der Waals surface area contributed by atoms with Crippen LogP contribution in [0.4, 0.5) is 0 Å². The molecule has 0 saturated carbocycles. The molecule has 0 bridgehead atoms. The molecule has 3 aromatic carbocycles. The van der Waals surface area contributed by atoms with Crippen molar-refractivity contribution in [2.45, 2.75) is 18.6 Å². The number of nitrogens with zero attached hydrogens (tertiary/aromatic N) is 1. The van der Waals surface area contributed by atoms with Gasteiger partial charge in [0.1, 0.15) is 11.3 Å². The number of hydrogen-bond donors (Lipinski definition) is 0. The summed E-state index contributed by atoms with van der Waals surface area (Å²) in [6.07, 6.45) is 4.33. The molecule has 0 aliphatic carbocycles. The Balaban J connectivity index is 1.22. The Kier molecular flexibility index (Phi) is 6.85. The standard InChI is InChI=1S/C26H23NO3S/c1-19-7-2-3-8-20(19)13-16-24(28)21-11-14-22(15-12-21)29-17-6-18-31-26-27-23-9-4-5-10-25(23)30-26/h2-5,7-16H,6,17-18H2,1H3. The Morgan fingerprint density at radius 3 is 2.61 bits per heavy atom. The van der Waals surface area contributed by atoms with Crippen LogP contribution in [0.3, 0.4) is 0 Å². The number of benzene rings is 3. The normalized spacial score (nSPS) is 11.3. The van der Waals surface area contributed by atoms with Crippen molar-refractivity contribution in [3.8, 4) is 5.75 Å². The molecule has 1 heterocycles. The Morgan fingerprint density at radius 1 is 1.03 bits per heavy atom. The molecule has 0 radical (unpaired) electrons. The van der Waals surface area contributed by atoms with Crippen molar-refractivity contribution in [1.29, 1.82) is 0 Å². The first-order valence-corrected chi connectivity index (χ1v) is 11.2. The largest absolute Gasteiger partial charge is 0.494 e. The quantitative estimate of drug-likeness (QED) is 0.130. The predicted octanol–water partition coefficient (Wildman–Crippen LogP) is 6.59. The van der Waals surface area contributed by atoms with Gasteiger partial charge in [-0.3, -0.25) is 4.79 Å². The fraction of sp³-hybridized carbons (Fsp3) is 0.154. The van der Waals surface area contributed by atoms with Gasteiger partial charge in [0.05, 0.1) is 6.61 Å². The van der Waals surface area contributed by atoms with Crippen LogP contribution in [0.2, 0.25) is 0 Å². The van der Waals surface area contributed by atoms with Crippen molar-refractivity contribution < 1.29 is 13.9 Å². The van der Waals surface area contributed by atoms with Gasteiger partial charge in [0.25, 0.3) is 5.22 Å². The van der Waals surface area contributed by atoms with E-state index in [9.17, 15) is 4.79 Å². The molecule has 31 heavy (non-hydrogen) atoms. The lowest BCUT2D eigenvalue weighted by Crippen LogP contribution is -2.00. The molecular formula is C26H23NO3S. The molecule has 0 atom stereocenters. The number of ether oxygens (including phenoxy) is 1. The number of allylic oxidation sites excluding steroid dienone is 1. The SMILES string of the molecule is Cc1ccccc1C=CC(=O)c1ccc(OCCCSc2nc3ccccc3o2)cc1. The number of carbonyl (C=O) groups excluding carboxylic acids is 1. The van der Waals surface area contributed by atoms with Crippen LogP contribution in [-0.4, -0.2) is 23.1 Å². The van der Waals surface area contributed by atoms with Crippen molar-refractivity contribution in [3.05, 3.63) is 95.6 Å². The molecule has 1 aromatic heterocycles. The van der Waals surface area contributed by atoms with E-state index in [1.54, 1.807) is 30.0 Å². The second kappa shape index (κ2) is 10.1. The summed E-state index contributed by atoms with van der Waals surface area (Å²) < 4.78 is 11.5. The zero-order valence-electron chi connectivity index (χ0n) is 17.3. The van der Waals surface area contributed by atoms with E-state index in [0.717, 1.165) is 40.1 Å². The number of aryl methyl sites for hydroxylation is 1. The lowest BCUT2D eigenvalue weighted by atomic mass is 10.1. The summed E-state index contributed by atoms with van der Waals surface area (Å²) in [5, 5.41) is 0.683. The summed E-state index contributed by atoms with van der Waals surface area (Å²) in [6, 6.07) is 23.0. The summed E-state index contributed by atoms with van der Waals surface area (Å²) in [7, 11) is 0. The molecule has 4 aromatic rings. The predicted molar refractivity (Wildman–Crippen MR) is 126 cm³/mol. The van der Waals surface area contributed by atoms with Crippen LogP contribution in [0.5, 0.6) is 5.75 Å². The first kappa shape index (κ1) is 20.9. The lowest BCUT2D eigenvalue weighted by molar-refractivity contribution is 0.104. The van der Waals surface area contributed by atoms with Crippen molar-refractivity contribution in [1.82, 2.24) is 4.98 Å².